The summed E-state index contributed by atoms with van der Waals surface area (Å²) in [7, 11) is 1.84. The Bertz CT molecular complexity index is 835. The van der Waals surface area contributed by atoms with Crippen LogP contribution in [-0.2, 0) is 11.8 Å². The lowest BCUT2D eigenvalue weighted by atomic mass is 10.3. The van der Waals surface area contributed by atoms with Crippen molar-refractivity contribution < 1.29 is 4.79 Å². The Labute approximate surface area is 141 Å². The smallest absolute Gasteiger partial charge is 0.250 e. The van der Waals surface area contributed by atoms with Crippen LogP contribution in [0.25, 0.3) is 10.2 Å². The molecular formula is C15H15N5OS2. The predicted octanol–water partition coefficient (Wildman–Crippen LogP) is 2.58. The van der Waals surface area contributed by atoms with E-state index in [9.17, 15) is 4.79 Å². The van der Waals surface area contributed by atoms with Crippen molar-refractivity contribution in [1.29, 1.82) is 0 Å². The van der Waals surface area contributed by atoms with Crippen LogP contribution in [0.3, 0.4) is 0 Å². The summed E-state index contributed by atoms with van der Waals surface area (Å²) in [5.41, 5.74) is 5.24. The number of rotatable bonds is 5. The van der Waals surface area contributed by atoms with Gasteiger partial charge in [0.05, 0.1) is 27.9 Å². The molecule has 0 aliphatic rings. The summed E-state index contributed by atoms with van der Waals surface area (Å²) in [4.78, 5) is 16.3. The largest absolute Gasteiger partial charge is 0.275 e. The number of nitrogens with zero attached hydrogens (tertiary/aromatic N) is 4. The van der Waals surface area contributed by atoms with Crippen LogP contribution in [0.5, 0.6) is 0 Å². The normalized spacial score (nSPS) is 11.4. The number of hydrazone groups is 1. The second kappa shape index (κ2) is 6.93. The van der Waals surface area contributed by atoms with Crippen molar-refractivity contribution >= 4 is 45.4 Å². The van der Waals surface area contributed by atoms with Gasteiger partial charge in [-0.1, -0.05) is 23.9 Å². The lowest BCUT2D eigenvalue weighted by Crippen LogP contribution is -2.19. The number of amides is 1. The molecule has 1 amide bonds. The second-order valence-electron chi connectivity index (χ2n) is 4.87. The third-order valence-corrected chi connectivity index (χ3v) is 5.22. The van der Waals surface area contributed by atoms with Gasteiger partial charge < -0.3 is 0 Å². The van der Waals surface area contributed by atoms with Gasteiger partial charge in [-0.25, -0.2) is 10.4 Å². The van der Waals surface area contributed by atoms with Gasteiger partial charge >= 0.3 is 0 Å². The first kappa shape index (κ1) is 15.7. The number of benzene rings is 1. The van der Waals surface area contributed by atoms with Crippen molar-refractivity contribution in [3.8, 4) is 0 Å². The summed E-state index contributed by atoms with van der Waals surface area (Å²) in [5.74, 6) is 0.121. The maximum Gasteiger partial charge on any atom is 0.250 e. The Kier molecular flexibility index (Phi) is 4.73. The van der Waals surface area contributed by atoms with E-state index in [4.69, 9.17) is 0 Å². The number of fused-ring (bicyclic) bond motifs is 1. The first-order chi connectivity index (χ1) is 11.1. The average molecular weight is 345 g/mol. The molecule has 0 aliphatic heterocycles. The second-order valence-corrected chi connectivity index (χ2v) is 7.13. The van der Waals surface area contributed by atoms with Crippen molar-refractivity contribution in [2.24, 2.45) is 12.1 Å². The lowest BCUT2D eigenvalue weighted by Gasteiger charge is -1.97. The third-order valence-electron chi connectivity index (χ3n) is 3.05. The van der Waals surface area contributed by atoms with Gasteiger partial charge in [0.25, 0.3) is 5.91 Å². The number of para-hydroxylation sites is 1. The molecule has 0 unspecified atom stereocenters. The van der Waals surface area contributed by atoms with E-state index in [0.29, 0.717) is 0 Å². The standard InChI is InChI=1S/C15H15N5OS2/c1-10-11(8-20(2)19-10)7-16-18-14(21)9-22-15-17-12-5-3-4-6-13(12)23-15/h3-8H,9H2,1-2H3,(H,18,21). The zero-order valence-corrected chi connectivity index (χ0v) is 14.3. The van der Waals surface area contributed by atoms with Gasteiger partial charge in [-0.2, -0.15) is 10.2 Å². The van der Waals surface area contributed by atoms with Crippen LogP contribution >= 0.6 is 23.1 Å². The fourth-order valence-electron chi connectivity index (χ4n) is 1.99. The topological polar surface area (TPSA) is 72.2 Å². The highest BCUT2D eigenvalue weighted by atomic mass is 32.2. The third kappa shape index (κ3) is 3.96. The quantitative estimate of drug-likeness (QED) is 0.438. The molecule has 0 saturated heterocycles. The molecule has 1 aromatic carbocycles. The number of hydrogen-bond acceptors (Lipinski definition) is 6. The number of carbonyl (C=O) groups is 1. The fourth-order valence-corrected chi connectivity index (χ4v) is 3.85. The highest BCUT2D eigenvalue weighted by molar-refractivity contribution is 8.01. The molecule has 8 heteroatoms. The minimum Gasteiger partial charge on any atom is -0.275 e. The van der Waals surface area contributed by atoms with Gasteiger partial charge in [0.2, 0.25) is 0 Å². The molecule has 0 radical (unpaired) electrons. The van der Waals surface area contributed by atoms with E-state index >= 15 is 0 Å². The monoisotopic (exact) mass is 345 g/mol. The van der Waals surface area contributed by atoms with E-state index < -0.39 is 0 Å². The number of carbonyl (C=O) groups excluding carboxylic acids is 1. The molecule has 0 saturated carbocycles. The Morgan fingerprint density at radius 1 is 1.48 bits per heavy atom. The number of nitrogens with one attached hydrogen (secondary N) is 1. The average Bonchev–Trinajstić information content (AvgIpc) is 3.08. The molecule has 0 spiro atoms. The molecule has 0 aliphatic carbocycles. The van der Waals surface area contributed by atoms with E-state index in [1.165, 1.54) is 11.8 Å². The number of aromatic nitrogens is 3. The molecule has 118 valence electrons. The van der Waals surface area contributed by atoms with Crippen molar-refractivity contribution in [1.82, 2.24) is 20.2 Å². The SMILES string of the molecule is Cc1nn(C)cc1C=NNC(=O)CSc1nc2ccccc2s1. The van der Waals surface area contributed by atoms with Gasteiger partial charge in [-0.05, 0) is 19.1 Å². The van der Waals surface area contributed by atoms with E-state index in [0.717, 1.165) is 25.8 Å². The molecule has 3 rings (SSSR count). The van der Waals surface area contributed by atoms with E-state index in [1.807, 2.05) is 44.4 Å². The molecule has 6 nitrogen and oxygen atoms in total. The Hall–Kier alpha value is -2.19. The van der Waals surface area contributed by atoms with Crippen LogP contribution in [0.2, 0.25) is 0 Å². The van der Waals surface area contributed by atoms with E-state index in [2.05, 4.69) is 20.6 Å². The molecular weight excluding hydrogens is 330 g/mol. The Morgan fingerprint density at radius 2 is 2.30 bits per heavy atom. The maximum atomic E-state index is 11.8. The van der Waals surface area contributed by atoms with Crippen LogP contribution in [0.4, 0.5) is 0 Å². The molecule has 3 aromatic rings. The van der Waals surface area contributed by atoms with Crippen LogP contribution < -0.4 is 5.43 Å². The Balaban J connectivity index is 1.52. The Morgan fingerprint density at radius 3 is 3.04 bits per heavy atom. The number of hydrogen-bond donors (Lipinski definition) is 1. The summed E-state index contributed by atoms with van der Waals surface area (Å²) in [6.07, 6.45) is 3.45. The summed E-state index contributed by atoms with van der Waals surface area (Å²) < 4.78 is 3.72. The van der Waals surface area contributed by atoms with Gasteiger partial charge in [-0.3, -0.25) is 9.48 Å². The first-order valence-corrected chi connectivity index (χ1v) is 8.72. The van der Waals surface area contributed by atoms with Gasteiger partial charge in [0, 0.05) is 18.8 Å². The lowest BCUT2D eigenvalue weighted by molar-refractivity contribution is -0.118. The molecule has 23 heavy (non-hydrogen) atoms. The van der Waals surface area contributed by atoms with Gasteiger partial charge in [-0.15, -0.1) is 11.3 Å². The van der Waals surface area contributed by atoms with Crippen molar-refractivity contribution in [3.05, 3.63) is 41.7 Å². The van der Waals surface area contributed by atoms with Gasteiger partial charge in [0.1, 0.15) is 0 Å². The number of thiazole rings is 1. The highest BCUT2D eigenvalue weighted by Gasteiger charge is 2.07. The highest BCUT2D eigenvalue weighted by Crippen LogP contribution is 2.28. The zero-order chi connectivity index (χ0) is 16.2. The van der Waals surface area contributed by atoms with Crippen molar-refractivity contribution in [2.45, 2.75) is 11.3 Å². The maximum absolute atomic E-state index is 11.8. The van der Waals surface area contributed by atoms with Crippen LogP contribution in [0.1, 0.15) is 11.3 Å². The van der Waals surface area contributed by atoms with Crippen molar-refractivity contribution in [2.75, 3.05) is 5.75 Å². The minimum absolute atomic E-state index is 0.160. The summed E-state index contributed by atoms with van der Waals surface area (Å²) in [6.45, 7) is 1.89. The molecule has 0 fully saturated rings. The zero-order valence-electron chi connectivity index (χ0n) is 12.7. The predicted molar refractivity (Wildman–Crippen MR) is 94.0 cm³/mol. The fraction of sp³-hybridized carbons (Fsp3) is 0.200. The van der Waals surface area contributed by atoms with E-state index in [1.54, 1.807) is 22.2 Å². The molecule has 0 atom stereocenters. The molecule has 2 aromatic heterocycles. The molecule has 2 heterocycles. The van der Waals surface area contributed by atoms with E-state index in [-0.39, 0.29) is 11.7 Å². The summed E-state index contributed by atoms with van der Waals surface area (Å²) in [5, 5.41) is 8.17. The summed E-state index contributed by atoms with van der Waals surface area (Å²) in [6, 6.07) is 7.93. The minimum atomic E-state index is -0.160. The first-order valence-electron chi connectivity index (χ1n) is 6.92. The summed E-state index contributed by atoms with van der Waals surface area (Å²) >= 11 is 3.00. The van der Waals surface area contributed by atoms with Crippen LogP contribution in [-0.4, -0.2) is 32.6 Å². The van der Waals surface area contributed by atoms with Crippen molar-refractivity contribution in [3.63, 3.8) is 0 Å². The van der Waals surface area contributed by atoms with Crippen LogP contribution in [0.15, 0.2) is 39.9 Å². The van der Waals surface area contributed by atoms with Crippen LogP contribution in [0, 0.1) is 6.92 Å². The molecule has 1 N–H and O–H groups in total. The van der Waals surface area contributed by atoms with Gasteiger partial charge in [0.15, 0.2) is 4.34 Å². The number of aryl methyl sites for hydroxylation is 2. The number of thioether (sulfide) groups is 1. The molecule has 0 bridgehead atoms.